The maximum atomic E-state index is 12.6. The van der Waals surface area contributed by atoms with E-state index in [4.69, 9.17) is 5.73 Å². The Bertz CT molecular complexity index is 1240. The number of nitrogens with zero attached hydrogens (tertiary/aromatic N) is 2. The van der Waals surface area contributed by atoms with Crippen LogP contribution >= 0.6 is 0 Å². The topological polar surface area (TPSA) is 122 Å². The summed E-state index contributed by atoms with van der Waals surface area (Å²) in [6, 6.07) is 15.3. The quantitative estimate of drug-likeness (QED) is 0.380. The molecule has 11 heteroatoms. The zero-order valence-corrected chi connectivity index (χ0v) is 19.2. The minimum absolute atomic E-state index is 0.0247. The fourth-order valence-corrected chi connectivity index (χ4v) is 3.57. The van der Waals surface area contributed by atoms with Crippen molar-refractivity contribution in [1.29, 1.82) is 0 Å². The number of nitrogens with one attached hydrogen (secondary N) is 2. The van der Waals surface area contributed by atoms with Crippen molar-refractivity contribution in [2.75, 3.05) is 30.3 Å². The number of nitrogen functional groups attached to an aromatic ring is 1. The molecule has 35 heavy (non-hydrogen) atoms. The van der Waals surface area contributed by atoms with Crippen molar-refractivity contribution in [3.63, 3.8) is 0 Å². The van der Waals surface area contributed by atoms with Crippen LogP contribution in [0.25, 0.3) is 0 Å². The second-order valence-corrected chi connectivity index (χ2v) is 7.70. The molecular weight excluding hydrogens is 460 g/mol. The fraction of sp³-hybridized carbons (Fsp3) is 0.292. The first-order valence-corrected chi connectivity index (χ1v) is 11.0. The minimum atomic E-state index is -2.89. The summed E-state index contributed by atoms with van der Waals surface area (Å²) >= 11 is 0. The van der Waals surface area contributed by atoms with E-state index < -0.39 is 17.9 Å². The predicted molar refractivity (Wildman–Crippen MR) is 129 cm³/mol. The maximum Gasteiger partial charge on any atom is 0.387 e. The molecule has 1 aromatic heterocycles. The zero-order valence-electron chi connectivity index (χ0n) is 19.2. The molecule has 186 valence electrons. The molecule has 0 unspecified atom stereocenters. The normalized spacial score (nSPS) is 10.9. The van der Waals surface area contributed by atoms with Gasteiger partial charge in [0.15, 0.2) is 0 Å². The van der Waals surface area contributed by atoms with Crippen molar-refractivity contribution in [2.45, 2.75) is 26.5 Å². The molecule has 1 heterocycles. The van der Waals surface area contributed by atoms with Crippen LogP contribution in [0, 0.1) is 0 Å². The Morgan fingerprint density at radius 2 is 1.80 bits per heavy atom. The number of hydrogen-bond acceptors (Lipinski definition) is 6. The third kappa shape index (κ3) is 6.92. The number of aromatic nitrogens is 2. The van der Waals surface area contributed by atoms with Crippen LogP contribution < -0.4 is 31.9 Å². The molecule has 2 aromatic carbocycles. The summed E-state index contributed by atoms with van der Waals surface area (Å²) in [6.45, 7) is -0.502. The van der Waals surface area contributed by atoms with Gasteiger partial charge in [-0.05, 0) is 36.6 Å². The summed E-state index contributed by atoms with van der Waals surface area (Å²) in [5, 5.41) is 2.76. The van der Waals surface area contributed by atoms with Gasteiger partial charge in [0.05, 0.1) is 13.1 Å². The van der Waals surface area contributed by atoms with Crippen molar-refractivity contribution in [3.05, 3.63) is 86.6 Å². The largest absolute Gasteiger partial charge is 0.435 e. The minimum Gasteiger partial charge on any atom is -0.435 e. The second-order valence-electron chi connectivity index (χ2n) is 7.70. The van der Waals surface area contributed by atoms with Gasteiger partial charge >= 0.3 is 12.3 Å². The van der Waals surface area contributed by atoms with Gasteiger partial charge in [0.25, 0.3) is 5.56 Å². The number of rotatable bonds is 11. The number of ether oxygens (including phenoxy) is 1. The van der Waals surface area contributed by atoms with Crippen LogP contribution in [0.2, 0.25) is 0 Å². The molecule has 9 nitrogen and oxygen atoms in total. The number of amides is 1. The third-order valence-corrected chi connectivity index (χ3v) is 5.31. The van der Waals surface area contributed by atoms with Crippen LogP contribution in [-0.4, -0.2) is 41.7 Å². The van der Waals surface area contributed by atoms with Crippen LogP contribution in [0.15, 0.2) is 64.2 Å². The van der Waals surface area contributed by atoms with E-state index in [2.05, 4.69) is 15.0 Å². The maximum absolute atomic E-state index is 12.6. The number of nitrogens with two attached hydrogens (primary N) is 1. The van der Waals surface area contributed by atoms with E-state index >= 15 is 0 Å². The SMILES string of the molecule is CCN(CC(=O)NCCc1ccc(OC(F)F)cc1)c1c(N)n(Cc2ccccc2)c(=O)[nH]c1=O. The van der Waals surface area contributed by atoms with Gasteiger partial charge in [-0.25, -0.2) is 4.79 Å². The average Bonchev–Trinajstić information content (AvgIpc) is 2.82. The highest BCUT2D eigenvalue weighted by Gasteiger charge is 2.20. The molecule has 0 saturated heterocycles. The van der Waals surface area contributed by atoms with Crippen LogP contribution in [0.5, 0.6) is 5.75 Å². The van der Waals surface area contributed by atoms with Crippen LogP contribution in [0.4, 0.5) is 20.3 Å². The lowest BCUT2D eigenvalue weighted by molar-refractivity contribution is -0.119. The number of aromatic amines is 1. The highest BCUT2D eigenvalue weighted by atomic mass is 19.3. The zero-order chi connectivity index (χ0) is 25.4. The first-order valence-electron chi connectivity index (χ1n) is 11.0. The number of H-pyrrole nitrogens is 1. The Morgan fingerprint density at radius 1 is 1.11 bits per heavy atom. The van der Waals surface area contributed by atoms with Gasteiger partial charge in [-0.1, -0.05) is 42.5 Å². The van der Waals surface area contributed by atoms with Gasteiger partial charge in [0.2, 0.25) is 5.91 Å². The van der Waals surface area contributed by atoms with E-state index in [-0.39, 0.29) is 36.3 Å². The van der Waals surface area contributed by atoms with Crippen molar-refractivity contribution < 1.29 is 18.3 Å². The number of benzene rings is 2. The van der Waals surface area contributed by atoms with Crippen LogP contribution in [0.1, 0.15) is 18.1 Å². The lowest BCUT2D eigenvalue weighted by Crippen LogP contribution is -2.43. The van der Waals surface area contributed by atoms with E-state index in [1.807, 2.05) is 30.3 Å². The van der Waals surface area contributed by atoms with E-state index in [9.17, 15) is 23.2 Å². The standard InChI is InChI=1S/C24H27F2N5O4/c1-2-30(15-19(32)28-13-12-16-8-10-18(11-9-16)35-23(25)26)20-21(27)31(24(34)29-22(20)33)14-17-6-4-3-5-7-17/h3-11,23H,2,12-15,27H2,1H3,(H,28,32)(H,29,33,34). The number of halogens is 2. The molecule has 0 radical (unpaired) electrons. The summed E-state index contributed by atoms with van der Waals surface area (Å²) in [5.74, 6) is -0.310. The molecule has 0 atom stereocenters. The number of hydrogen-bond donors (Lipinski definition) is 3. The molecule has 0 aliphatic rings. The number of carbonyl (C=O) groups is 1. The van der Waals surface area contributed by atoms with Crippen molar-refractivity contribution >= 4 is 17.4 Å². The Hall–Kier alpha value is -4.15. The molecule has 3 rings (SSSR count). The molecule has 3 aromatic rings. The number of likely N-dealkylation sites (N-methyl/N-ethyl adjacent to an activating group) is 1. The van der Waals surface area contributed by atoms with Crippen LogP contribution in [-0.2, 0) is 17.8 Å². The predicted octanol–water partition coefficient (Wildman–Crippen LogP) is 1.95. The number of alkyl halides is 2. The monoisotopic (exact) mass is 487 g/mol. The smallest absolute Gasteiger partial charge is 0.387 e. The Balaban J connectivity index is 1.65. The highest BCUT2D eigenvalue weighted by molar-refractivity contribution is 5.82. The molecule has 0 spiro atoms. The van der Waals surface area contributed by atoms with Crippen molar-refractivity contribution in [2.24, 2.45) is 0 Å². The summed E-state index contributed by atoms with van der Waals surface area (Å²) in [6.07, 6.45) is 0.470. The lowest BCUT2D eigenvalue weighted by atomic mass is 10.1. The van der Waals surface area contributed by atoms with Crippen molar-refractivity contribution in [1.82, 2.24) is 14.9 Å². The highest BCUT2D eigenvalue weighted by Crippen LogP contribution is 2.17. The summed E-state index contributed by atoms with van der Waals surface area (Å²) < 4.78 is 30.0. The summed E-state index contributed by atoms with van der Waals surface area (Å²) in [7, 11) is 0. The molecular formula is C24H27F2N5O4. The molecule has 1 amide bonds. The summed E-state index contributed by atoms with van der Waals surface area (Å²) in [5.41, 5.74) is 6.62. The fourth-order valence-electron chi connectivity index (χ4n) is 3.57. The van der Waals surface area contributed by atoms with E-state index in [0.717, 1.165) is 11.1 Å². The molecule has 0 aliphatic heterocycles. The molecule has 0 bridgehead atoms. The van der Waals surface area contributed by atoms with Gasteiger partial charge < -0.3 is 20.7 Å². The van der Waals surface area contributed by atoms with E-state index in [0.29, 0.717) is 19.5 Å². The molecule has 4 N–H and O–H groups in total. The van der Waals surface area contributed by atoms with Gasteiger partial charge in [-0.15, -0.1) is 0 Å². The van der Waals surface area contributed by atoms with Gasteiger partial charge in [0.1, 0.15) is 17.3 Å². The lowest BCUT2D eigenvalue weighted by Gasteiger charge is -2.24. The average molecular weight is 488 g/mol. The van der Waals surface area contributed by atoms with Crippen molar-refractivity contribution in [3.8, 4) is 5.75 Å². The first-order chi connectivity index (χ1) is 16.8. The third-order valence-electron chi connectivity index (χ3n) is 5.31. The van der Waals surface area contributed by atoms with Crippen LogP contribution in [0.3, 0.4) is 0 Å². The molecule has 0 fully saturated rings. The van der Waals surface area contributed by atoms with E-state index in [1.165, 1.54) is 21.6 Å². The Labute approximate surface area is 200 Å². The van der Waals surface area contributed by atoms with E-state index in [1.54, 1.807) is 19.1 Å². The molecule has 0 saturated carbocycles. The second kappa shape index (κ2) is 11.8. The molecule has 0 aliphatic carbocycles. The number of anilines is 2. The Kier molecular flexibility index (Phi) is 8.60. The Morgan fingerprint density at radius 3 is 2.43 bits per heavy atom. The van der Waals surface area contributed by atoms with Gasteiger partial charge in [-0.3, -0.25) is 19.1 Å². The number of carbonyl (C=O) groups excluding carboxylic acids is 1. The van der Waals surface area contributed by atoms with Gasteiger partial charge in [0, 0.05) is 13.1 Å². The summed E-state index contributed by atoms with van der Waals surface area (Å²) in [4.78, 5) is 41.3. The van der Waals surface area contributed by atoms with Gasteiger partial charge in [-0.2, -0.15) is 8.78 Å². The first kappa shape index (κ1) is 25.5.